The molecule has 15 heavy (non-hydrogen) atoms. The van der Waals surface area contributed by atoms with Crippen LogP contribution in [-0.2, 0) is 4.79 Å². The largest absolute Gasteiger partial charge is 0.480 e. The molecule has 0 atom stereocenters. The SMILES string of the molecule is CC(C)(C)NC(=O)N(CC(=O)O)C1CC1. The molecule has 0 heterocycles. The number of aliphatic carboxylic acids is 1. The number of hydrogen-bond donors (Lipinski definition) is 2. The maximum atomic E-state index is 11.7. The molecule has 5 heteroatoms. The summed E-state index contributed by atoms with van der Waals surface area (Å²) in [5, 5.41) is 11.5. The number of urea groups is 1. The van der Waals surface area contributed by atoms with Crippen LogP contribution in [0.1, 0.15) is 33.6 Å². The van der Waals surface area contributed by atoms with Gasteiger partial charge >= 0.3 is 12.0 Å². The standard InChI is InChI=1S/C10H18N2O3/c1-10(2,3)11-9(15)12(6-8(13)14)7-4-5-7/h7H,4-6H2,1-3H3,(H,11,15)(H,13,14). The fourth-order valence-electron chi connectivity index (χ4n) is 1.29. The van der Waals surface area contributed by atoms with Crippen molar-refractivity contribution in [1.82, 2.24) is 10.2 Å². The van der Waals surface area contributed by atoms with Gasteiger partial charge < -0.3 is 15.3 Å². The molecule has 1 saturated carbocycles. The Hall–Kier alpha value is -1.26. The molecule has 2 amide bonds. The molecule has 1 fully saturated rings. The number of carbonyl (C=O) groups excluding carboxylic acids is 1. The highest BCUT2D eigenvalue weighted by molar-refractivity contribution is 5.81. The van der Waals surface area contributed by atoms with E-state index in [0.717, 1.165) is 12.8 Å². The third-order valence-corrected chi connectivity index (χ3v) is 2.04. The van der Waals surface area contributed by atoms with Gasteiger partial charge in [-0.25, -0.2) is 4.79 Å². The van der Waals surface area contributed by atoms with Gasteiger partial charge in [0, 0.05) is 11.6 Å². The first-order valence-corrected chi connectivity index (χ1v) is 5.10. The number of carboxylic acids is 1. The number of carbonyl (C=O) groups is 2. The van der Waals surface area contributed by atoms with E-state index in [-0.39, 0.29) is 24.2 Å². The Morgan fingerprint density at radius 1 is 1.40 bits per heavy atom. The first kappa shape index (κ1) is 11.8. The van der Waals surface area contributed by atoms with Crippen molar-refractivity contribution in [2.75, 3.05) is 6.54 Å². The second-order valence-electron chi connectivity index (χ2n) is 4.93. The van der Waals surface area contributed by atoms with Gasteiger partial charge in [0.15, 0.2) is 0 Å². The van der Waals surface area contributed by atoms with Crippen molar-refractivity contribution >= 4 is 12.0 Å². The average Bonchev–Trinajstić information content (AvgIpc) is 2.78. The third kappa shape index (κ3) is 4.18. The third-order valence-electron chi connectivity index (χ3n) is 2.04. The molecule has 5 nitrogen and oxygen atoms in total. The summed E-state index contributed by atoms with van der Waals surface area (Å²) in [5.74, 6) is -0.967. The molecule has 0 unspecified atom stereocenters. The fraction of sp³-hybridized carbons (Fsp3) is 0.800. The second kappa shape index (κ2) is 4.08. The summed E-state index contributed by atoms with van der Waals surface area (Å²) in [6.07, 6.45) is 1.82. The van der Waals surface area contributed by atoms with E-state index in [1.54, 1.807) is 0 Å². The lowest BCUT2D eigenvalue weighted by molar-refractivity contribution is -0.137. The van der Waals surface area contributed by atoms with Gasteiger partial charge in [-0.2, -0.15) is 0 Å². The minimum atomic E-state index is -0.967. The van der Waals surface area contributed by atoms with E-state index in [9.17, 15) is 9.59 Å². The van der Waals surface area contributed by atoms with E-state index in [1.165, 1.54) is 4.90 Å². The number of nitrogens with one attached hydrogen (secondary N) is 1. The Kier molecular flexibility index (Phi) is 3.21. The highest BCUT2D eigenvalue weighted by Gasteiger charge is 2.34. The predicted molar refractivity (Wildman–Crippen MR) is 55.6 cm³/mol. The molecule has 2 N–H and O–H groups in total. The monoisotopic (exact) mass is 214 g/mol. The molecule has 0 radical (unpaired) electrons. The maximum absolute atomic E-state index is 11.7. The quantitative estimate of drug-likeness (QED) is 0.737. The smallest absolute Gasteiger partial charge is 0.323 e. The van der Waals surface area contributed by atoms with Crippen molar-refractivity contribution in [2.45, 2.75) is 45.2 Å². The second-order valence-corrected chi connectivity index (χ2v) is 4.93. The Morgan fingerprint density at radius 2 is 1.93 bits per heavy atom. The minimum absolute atomic E-state index is 0.114. The number of carboxylic acid groups (broad SMARTS) is 1. The van der Waals surface area contributed by atoms with Crippen molar-refractivity contribution < 1.29 is 14.7 Å². The molecule has 0 aromatic carbocycles. The van der Waals surface area contributed by atoms with Crippen LogP contribution in [0.25, 0.3) is 0 Å². The summed E-state index contributed by atoms with van der Waals surface area (Å²) in [4.78, 5) is 23.7. The summed E-state index contributed by atoms with van der Waals surface area (Å²) in [6.45, 7) is 5.40. The van der Waals surface area contributed by atoms with Crippen molar-refractivity contribution in [3.8, 4) is 0 Å². The van der Waals surface area contributed by atoms with Crippen molar-refractivity contribution in [3.05, 3.63) is 0 Å². The van der Waals surface area contributed by atoms with E-state index in [4.69, 9.17) is 5.11 Å². The lowest BCUT2D eigenvalue weighted by atomic mass is 10.1. The number of rotatable bonds is 3. The van der Waals surface area contributed by atoms with Crippen LogP contribution in [0.5, 0.6) is 0 Å². The zero-order chi connectivity index (χ0) is 11.6. The van der Waals surface area contributed by atoms with Gasteiger partial charge in [-0.05, 0) is 33.6 Å². The molecule has 0 aromatic rings. The van der Waals surface area contributed by atoms with Crippen LogP contribution in [-0.4, -0.2) is 40.1 Å². The van der Waals surface area contributed by atoms with Crippen LogP contribution in [0.2, 0.25) is 0 Å². The first-order chi connectivity index (χ1) is 6.79. The van der Waals surface area contributed by atoms with E-state index in [2.05, 4.69) is 5.32 Å². The molecule has 0 bridgehead atoms. The lowest BCUT2D eigenvalue weighted by Crippen LogP contribution is -2.50. The van der Waals surface area contributed by atoms with Crippen molar-refractivity contribution in [2.24, 2.45) is 0 Å². The molecule has 1 aliphatic carbocycles. The fourth-order valence-corrected chi connectivity index (χ4v) is 1.29. The van der Waals surface area contributed by atoms with Gasteiger partial charge in [0.2, 0.25) is 0 Å². The number of amides is 2. The van der Waals surface area contributed by atoms with Gasteiger partial charge in [-0.3, -0.25) is 4.79 Å². The zero-order valence-corrected chi connectivity index (χ0v) is 9.41. The van der Waals surface area contributed by atoms with Crippen LogP contribution in [0.4, 0.5) is 4.79 Å². The Bertz CT molecular complexity index is 266. The molecule has 0 aromatic heterocycles. The normalized spacial score (nSPS) is 15.9. The summed E-state index contributed by atoms with van der Waals surface area (Å²) in [5.41, 5.74) is -0.331. The summed E-state index contributed by atoms with van der Waals surface area (Å²) in [6, 6.07) is -0.171. The molecule has 0 aliphatic heterocycles. The Labute approximate surface area is 89.4 Å². The minimum Gasteiger partial charge on any atom is -0.480 e. The van der Waals surface area contributed by atoms with Crippen molar-refractivity contribution in [1.29, 1.82) is 0 Å². The van der Waals surface area contributed by atoms with Gasteiger partial charge in [-0.15, -0.1) is 0 Å². The molecule has 1 aliphatic rings. The van der Waals surface area contributed by atoms with Gasteiger partial charge in [0.05, 0.1) is 0 Å². The van der Waals surface area contributed by atoms with E-state index < -0.39 is 5.97 Å². The summed E-state index contributed by atoms with van der Waals surface area (Å²) >= 11 is 0. The number of nitrogens with zero attached hydrogens (tertiary/aromatic N) is 1. The van der Waals surface area contributed by atoms with E-state index in [0.29, 0.717) is 0 Å². The summed E-state index contributed by atoms with van der Waals surface area (Å²) in [7, 11) is 0. The molecule has 0 spiro atoms. The van der Waals surface area contributed by atoms with E-state index >= 15 is 0 Å². The van der Waals surface area contributed by atoms with Gasteiger partial charge in [0.25, 0.3) is 0 Å². The Balaban J connectivity index is 2.55. The summed E-state index contributed by atoms with van der Waals surface area (Å²) < 4.78 is 0. The Morgan fingerprint density at radius 3 is 2.27 bits per heavy atom. The molecular formula is C10H18N2O3. The maximum Gasteiger partial charge on any atom is 0.323 e. The topological polar surface area (TPSA) is 69.6 Å². The number of hydrogen-bond acceptors (Lipinski definition) is 2. The van der Waals surface area contributed by atoms with Crippen molar-refractivity contribution in [3.63, 3.8) is 0 Å². The van der Waals surface area contributed by atoms with E-state index in [1.807, 2.05) is 20.8 Å². The van der Waals surface area contributed by atoms with Crippen LogP contribution < -0.4 is 5.32 Å². The van der Waals surface area contributed by atoms with Crippen LogP contribution in [0, 0.1) is 0 Å². The van der Waals surface area contributed by atoms with Crippen LogP contribution in [0.3, 0.4) is 0 Å². The van der Waals surface area contributed by atoms with Crippen LogP contribution >= 0.6 is 0 Å². The molecule has 86 valence electrons. The zero-order valence-electron chi connectivity index (χ0n) is 9.41. The van der Waals surface area contributed by atoms with Crippen LogP contribution in [0.15, 0.2) is 0 Å². The molecule has 0 saturated heterocycles. The predicted octanol–water partition coefficient (Wildman–Crippen LogP) is 1.04. The van der Waals surface area contributed by atoms with Gasteiger partial charge in [-0.1, -0.05) is 0 Å². The molecule has 1 rings (SSSR count). The van der Waals surface area contributed by atoms with Gasteiger partial charge in [0.1, 0.15) is 6.54 Å². The highest BCUT2D eigenvalue weighted by atomic mass is 16.4. The highest BCUT2D eigenvalue weighted by Crippen LogP contribution is 2.26. The lowest BCUT2D eigenvalue weighted by Gasteiger charge is -2.27. The molecular weight excluding hydrogens is 196 g/mol. The average molecular weight is 214 g/mol. The first-order valence-electron chi connectivity index (χ1n) is 5.10.